The molecule has 2 aliphatic rings. The number of likely N-dealkylation sites (tertiary alicyclic amines) is 1. The SMILES string of the molecule is CC(C)CN1C[C@H]2CCN(C(=O)c3cccnc3)CC[C@H]2S1(=O)=O. The van der Waals surface area contributed by atoms with Crippen LogP contribution in [-0.2, 0) is 10.0 Å². The zero-order valence-electron chi connectivity index (χ0n) is 14.3. The van der Waals surface area contributed by atoms with Crippen molar-refractivity contribution >= 4 is 15.9 Å². The van der Waals surface area contributed by atoms with Crippen molar-refractivity contribution in [1.82, 2.24) is 14.2 Å². The maximum atomic E-state index is 12.8. The highest BCUT2D eigenvalue weighted by molar-refractivity contribution is 7.90. The van der Waals surface area contributed by atoms with Crippen LogP contribution in [-0.4, -0.2) is 59.9 Å². The van der Waals surface area contributed by atoms with E-state index in [1.807, 2.05) is 13.8 Å². The van der Waals surface area contributed by atoms with E-state index in [-0.39, 0.29) is 17.1 Å². The molecular weight excluding hydrogens is 326 g/mol. The summed E-state index contributed by atoms with van der Waals surface area (Å²) in [5, 5.41) is -0.344. The maximum absolute atomic E-state index is 12.8. The van der Waals surface area contributed by atoms with Crippen LogP contribution < -0.4 is 0 Å². The Morgan fingerprint density at radius 3 is 2.75 bits per heavy atom. The molecule has 3 rings (SSSR count). The van der Waals surface area contributed by atoms with Crippen LogP contribution in [0.15, 0.2) is 24.5 Å². The van der Waals surface area contributed by atoms with E-state index in [1.54, 1.807) is 33.7 Å². The molecule has 0 spiro atoms. The Bertz CT molecular complexity index is 690. The summed E-state index contributed by atoms with van der Waals surface area (Å²) in [4.78, 5) is 18.3. The highest BCUT2D eigenvalue weighted by Crippen LogP contribution is 2.34. The molecule has 0 aliphatic carbocycles. The van der Waals surface area contributed by atoms with Crippen molar-refractivity contribution in [3.8, 4) is 0 Å². The zero-order chi connectivity index (χ0) is 17.3. The Morgan fingerprint density at radius 1 is 1.33 bits per heavy atom. The van der Waals surface area contributed by atoms with Crippen LogP contribution in [0, 0.1) is 11.8 Å². The lowest BCUT2D eigenvalue weighted by Gasteiger charge is -2.22. The molecule has 0 aromatic carbocycles. The van der Waals surface area contributed by atoms with Gasteiger partial charge in [0.15, 0.2) is 0 Å². The van der Waals surface area contributed by atoms with Crippen LogP contribution in [0.4, 0.5) is 0 Å². The van der Waals surface area contributed by atoms with E-state index in [9.17, 15) is 13.2 Å². The summed E-state index contributed by atoms with van der Waals surface area (Å²) in [5.74, 6) is 0.394. The molecule has 0 saturated carbocycles. The molecule has 1 aromatic rings. The fourth-order valence-electron chi connectivity index (χ4n) is 3.76. The first-order chi connectivity index (χ1) is 11.4. The van der Waals surface area contributed by atoms with E-state index < -0.39 is 10.0 Å². The lowest BCUT2D eigenvalue weighted by molar-refractivity contribution is 0.0758. The van der Waals surface area contributed by atoms with Gasteiger partial charge < -0.3 is 4.90 Å². The molecule has 2 aliphatic heterocycles. The van der Waals surface area contributed by atoms with Crippen LogP contribution in [0.5, 0.6) is 0 Å². The fourth-order valence-corrected chi connectivity index (χ4v) is 6.16. The Morgan fingerprint density at radius 2 is 2.08 bits per heavy atom. The number of aromatic nitrogens is 1. The predicted molar refractivity (Wildman–Crippen MR) is 92.0 cm³/mol. The summed E-state index contributed by atoms with van der Waals surface area (Å²) < 4.78 is 27.2. The number of carbonyl (C=O) groups is 1. The van der Waals surface area contributed by atoms with E-state index in [2.05, 4.69) is 4.98 Å². The largest absolute Gasteiger partial charge is 0.339 e. The number of sulfonamides is 1. The maximum Gasteiger partial charge on any atom is 0.255 e. The van der Waals surface area contributed by atoms with Crippen LogP contribution in [0.2, 0.25) is 0 Å². The third kappa shape index (κ3) is 3.32. The summed E-state index contributed by atoms with van der Waals surface area (Å²) >= 11 is 0. The van der Waals surface area contributed by atoms with Crippen molar-refractivity contribution in [3.63, 3.8) is 0 Å². The van der Waals surface area contributed by atoms with Gasteiger partial charge in [0, 0.05) is 38.6 Å². The van der Waals surface area contributed by atoms with E-state index in [1.165, 1.54) is 0 Å². The molecule has 132 valence electrons. The van der Waals surface area contributed by atoms with E-state index in [4.69, 9.17) is 0 Å². The molecule has 1 amide bonds. The van der Waals surface area contributed by atoms with Crippen LogP contribution >= 0.6 is 0 Å². The van der Waals surface area contributed by atoms with E-state index >= 15 is 0 Å². The second-order valence-electron chi connectivity index (χ2n) is 7.17. The molecule has 0 N–H and O–H groups in total. The minimum atomic E-state index is -3.24. The Hall–Kier alpha value is -1.47. The molecule has 24 heavy (non-hydrogen) atoms. The Balaban J connectivity index is 1.71. The number of rotatable bonds is 3. The van der Waals surface area contributed by atoms with E-state index in [0.717, 1.165) is 6.42 Å². The molecule has 0 radical (unpaired) electrons. The number of hydrogen-bond acceptors (Lipinski definition) is 4. The Labute approximate surface area is 143 Å². The van der Waals surface area contributed by atoms with Gasteiger partial charge in [-0.05, 0) is 36.8 Å². The first-order valence-corrected chi connectivity index (χ1v) is 10.1. The summed E-state index contributed by atoms with van der Waals surface area (Å²) in [6.07, 6.45) is 4.47. The molecule has 7 heteroatoms. The zero-order valence-corrected chi connectivity index (χ0v) is 15.1. The molecule has 3 heterocycles. The van der Waals surface area contributed by atoms with Gasteiger partial charge in [-0.1, -0.05) is 13.8 Å². The van der Waals surface area contributed by atoms with Gasteiger partial charge in [0.25, 0.3) is 5.91 Å². The number of carbonyl (C=O) groups excluding carboxylic acids is 1. The number of amides is 1. The second-order valence-corrected chi connectivity index (χ2v) is 9.32. The van der Waals surface area contributed by atoms with Gasteiger partial charge in [0.05, 0.1) is 10.8 Å². The molecule has 0 bridgehead atoms. The molecule has 1 aromatic heterocycles. The summed E-state index contributed by atoms with van der Waals surface area (Å²) in [6.45, 7) is 6.37. The smallest absolute Gasteiger partial charge is 0.255 e. The van der Waals surface area contributed by atoms with Crippen molar-refractivity contribution in [2.45, 2.75) is 31.9 Å². The van der Waals surface area contributed by atoms with Gasteiger partial charge in [-0.25, -0.2) is 12.7 Å². The standard InChI is InChI=1S/C17H25N3O3S/c1-13(2)11-20-12-15-5-8-19(9-6-16(15)24(20,22)23)17(21)14-4-3-7-18-10-14/h3-4,7,10,13,15-16H,5-6,8-9,11-12H2,1-2H3/t15-,16-/m1/s1. The third-order valence-electron chi connectivity index (χ3n) is 4.92. The molecule has 2 atom stereocenters. The van der Waals surface area contributed by atoms with Crippen molar-refractivity contribution in [2.24, 2.45) is 11.8 Å². The lowest BCUT2D eigenvalue weighted by Crippen LogP contribution is -2.36. The summed E-state index contributed by atoms with van der Waals surface area (Å²) in [5.41, 5.74) is 0.564. The highest BCUT2D eigenvalue weighted by atomic mass is 32.2. The number of hydrogen-bond donors (Lipinski definition) is 0. The van der Waals surface area contributed by atoms with Gasteiger partial charge in [-0.3, -0.25) is 9.78 Å². The van der Waals surface area contributed by atoms with Gasteiger partial charge in [-0.2, -0.15) is 0 Å². The average molecular weight is 351 g/mol. The minimum absolute atomic E-state index is 0.0560. The lowest BCUT2D eigenvalue weighted by atomic mass is 10.0. The van der Waals surface area contributed by atoms with Gasteiger partial charge >= 0.3 is 0 Å². The minimum Gasteiger partial charge on any atom is -0.339 e. The van der Waals surface area contributed by atoms with Crippen LogP contribution in [0.3, 0.4) is 0 Å². The molecule has 2 saturated heterocycles. The number of fused-ring (bicyclic) bond motifs is 1. The van der Waals surface area contributed by atoms with Crippen LogP contribution in [0.1, 0.15) is 37.0 Å². The molecular formula is C17H25N3O3S. The topological polar surface area (TPSA) is 70.6 Å². The monoisotopic (exact) mass is 351 g/mol. The van der Waals surface area contributed by atoms with Gasteiger partial charge in [-0.15, -0.1) is 0 Å². The predicted octanol–water partition coefficient (Wildman–Crippen LogP) is 1.60. The normalized spacial score (nSPS) is 27.0. The third-order valence-corrected chi connectivity index (χ3v) is 7.33. The van der Waals surface area contributed by atoms with E-state index in [0.29, 0.717) is 44.1 Å². The molecule has 6 nitrogen and oxygen atoms in total. The van der Waals surface area contributed by atoms with Crippen molar-refractivity contribution in [2.75, 3.05) is 26.2 Å². The van der Waals surface area contributed by atoms with Gasteiger partial charge in [0.1, 0.15) is 0 Å². The first kappa shape index (κ1) is 17.4. The first-order valence-electron chi connectivity index (χ1n) is 8.58. The molecule has 0 unspecified atom stereocenters. The summed E-state index contributed by atoms with van der Waals surface area (Å²) in [6, 6.07) is 3.50. The number of pyridine rings is 1. The number of nitrogens with zero attached hydrogens (tertiary/aromatic N) is 3. The van der Waals surface area contributed by atoms with Crippen molar-refractivity contribution < 1.29 is 13.2 Å². The molecule has 2 fully saturated rings. The van der Waals surface area contributed by atoms with Gasteiger partial charge in [0.2, 0.25) is 10.0 Å². The Kier molecular flexibility index (Phi) is 4.92. The summed E-state index contributed by atoms with van der Waals surface area (Å²) in [7, 11) is -3.24. The van der Waals surface area contributed by atoms with Crippen LogP contribution in [0.25, 0.3) is 0 Å². The highest BCUT2D eigenvalue weighted by Gasteiger charge is 2.47. The van der Waals surface area contributed by atoms with Crippen molar-refractivity contribution in [1.29, 1.82) is 0 Å². The van der Waals surface area contributed by atoms with Crippen molar-refractivity contribution in [3.05, 3.63) is 30.1 Å². The quantitative estimate of drug-likeness (QED) is 0.829. The second kappa shape index (κ2) is 6.80. The fraction of sp³-hybridized carbons (Fsp3) is 0.647. The average Bonchev–Trinajstić information content (AvgIpc) is 2.70.